The van der Waals surface area contributed by atoms with Crippen LogP contribution in [0.5, 0.6) is 0 Å². The Morgan fingerprint density at radius 1 is 1.05 bits per heavy atom. The van der Waals surface area contributed by atoms with E-state index in [0.29, 0.717) is 5.56 Å². The average molecular weight is 307 g/mol. The third-order valence-electron chi connectivity index (χ3n) is 3.26. The molecule has 3 nitrogen and oxygen atoms in total. The van der Waals surface area contributed by atoms with Crippen LogP contribution in [0, 0.1) is 19.7 Å². The Labute approximate surface area is 124 Å². The van der Waals surface area contributed by atoms with E-state index in [0.717, 1.165) is 16.7 Å². The number of rotatable bonds is 5. The standard InChI is InChI=1S/C16H18FNO2S/c1-12-3-4-13(2)15(9-12)10-18-21(19,20)11-14-5-7-16(17)8-6-14/h3-9,18H,10-11H2,1-2H3. The summed E-state index contributed by atoms with van der Waals surface area (Å²) in [5.41, 5.74) is 3.65. The Balaban J connectivity index is 2.04. The van der Waals surface area contributed by atoms with Crippen LogP contribution in [0.4, 0.5) is 4.39 Å². The van der Waals surface area contributed by atoms with Gasteiger partial charge >= 0.3 is 0 Å². The molecule has 0 bridgehead atoms. The molecule has 0 atom stereocenters. The average Bonchev–Trinajstić information content (AvgIpc) is 2.42. The smallest absolute Gasteiger partial charge is 0.212 e. The quantitative estimate of drug-likeness (QED) is 0.923. The summed E-state index contributed by atoms with van der Waals surface area (Å²) in [7, 11) is -3.45. The fraction of sp³-hybridized carbons (Fsp3) is 0.250. The van der Waals surface area contributed by atoms with Crippen molar-refractivity contribution in [2.45, 2.75) is 26.1 Å². The van der Waals surface area contributed by atoms with Crippen LogP contribution in [0.15, 0.2) is 42.5 Å². The van der Waals surface area contributed by atoms with E-state index in [1.807, 2.05) is 32.0 Å². The van der Waals surface area contributed by atoms with Crippen molar-refractivity contribution in [3.8, 4) is 0 Å². The number of nitrogens with one attached hydrogen (secondary N) is 1. The van der Waals surface area contributed by atoms with Gasteiger partial charge in [-0.3, -0.25) is 0 Å². The summed E-state index contributed by atoms with van der Waals surface area (Å²) in [6.07, 6.45) is 0. The lowest BCUT2D eigenvalue weighted by molar-refractivity contribution is 0.580. The zero-order chi connectivity index (χ0) is 15.5. The molecule has 0 unspecified atom stereocenters. The van der Waals surface area contributed by atoms with Gasteiger partial charge < -0.3 is 0 Å². The van der Waals surface area contributed by atoms with Crippen LogP contribution in [0.25, 0.3) is 0 Å². The van der Waals surface area contributed by atoms with E-state index in [1.54, 1.807) is 0 Å². The van der Waals surface area contributed by atoms with Crippen molar-refractivity contribution in [1.29, 1.82) is 0 Å². The molecule has 0 saturated carbocycles. The lowest BCUT2D eigenvalue weighted by atomic mass is 10.1. The summed E-state index contributed by atoms with van der Waals surface area (Å²) in [5.74, 6) is -0.530. The largest absolute Gasteiger partial charge is 0.216 e. The normalized spacial score (nSPS) is 11.6. The fourth-order valence-corrected chi connectivity index (χ4v) is 3.14. The molecule has 21 heavy (non-hydrogen) atoms. The van der Waals surface area contributed by atoms with Gasteiger partial charge in [-0.2, -0.15) is 0 Å². The van der Waals surface area contributed by atoms with E-state index < -0.39 is 10.0 Å². The summed E-state index contributed by atoms with van der Waals surface area (Å²) < 4.78 is 39.5. The van der Waals surface area contributed by atoms with Crippen molar-refractivity contribution in [2.75, 3.05) is 0 Å². The topological polar surface area (TPSA) is 46.2 Å². The summed E-state index contributed by atoms with van der Waals surface area (Å²) in [6.45, 7) is 4.18. The van der Waals surface area contributed by atoms with Gasteiger partial charge in [0.25, 0.3) is 0 Å². The van der Waals surface area contributed by atoms with Crippen LogP contribution < -0.4 is 4.72 Å². The van der Waals surface area contributed by atoms with Crippen LogP contribution >= 0.6 is 0 Å². The van der Waals surface area contributed by atoms with Gasteiger partial charge in [0.05, 0.1) is 5.75 Å². The Morgan fingerprint density at radius 3 is 2.38 bits per heavy atom. The fourth-order valence-electron chi connectivity index (χ4n) is 2.03. The first-order valence-electron chi connectivity index (χ1n) is 6.64. The zero-order valence-electron chi connectivity index (χ0n) is 12.1. The third kappa shape index (κ3) is 4.65. The summed E-state index contributed by atoms with van der Waals surface area (Å²) in [4.78, 5) is 0. The highest BCUT2D eigenvalue weighted by molar-refractivity contribution is 7.88. The van der Waals surface area contributed by atoms with Crippen molar-refractivity contribution in [2.24, 2.45) is 0 Å². The molecule has 0 radical (unpaired) electrons. The lowest BCUT2D eigenvalue weighted by Crippen LogP contribution is -2.25. The van der Waals surface area contributed by atoms with Crippen molar-refractivity contribution < 1.29 is 12.8 Å². The van der Waals surface area contributed by atoms with Gasteiger partial charge in [0.2, 0.25) is 10.0 Å². The van der Waals surface area contributed by atoms with Gasteiger partial charge in [0.15, 0.2) is 0 Å². The van der Waals surface area contributed by atoms with E-state index >= 15 is 0 Å². The first kappa shape index (κ1) is 15.7. The number of benzene rings is 2. The maximum absolute atomic E-state index is 12.8. The molecule has 0 spiro atoms. The van der Waals surface area contributed by atoms with Crippen LogP contribution in [0.2, 0.25) is 0 Å². The monoisotopic (exact) mass is 307 g/mol. The highest BCUT2D eigenvalue weighted by Gasteiger charge is 2.12. The Kier molecular flexibility index (Phi) is 4.75. The maximum atomic E-state index is 12.8. The molecule has 0 aliphatic heterocycles. The number of hydrogen-bond acceptors (Lipinski definition) is 2. The summed E-state index contributed by atoms with van der Waals surface area (Å²) in [5, 5.41) is 0. The van der Waals surface area contributed by atoms with E-state index in [4.69, 9.17) is 0 Å². The molecule has 0 amide bonds. The molecule has 112 valence electrons. The second kappa shape index (κ2) is 6.37. The zero-order valence-corrected chi connectivity index (χ0v) is 12.9. The van der Waals surface area contributed by atoms with Crippen LogP contribution in [-0.2, 0) is 22.3 Å². The Hall–Kier alpha value is -1.72. The Bertz CT molecular complexity index is 724. The van der Waals surface area contributed by atoms with Crippen LogP contribution in [-0.4, -0.2) is 8.42 Å². The minimum absolute atomic E-state index is 0.155. The van der Waals surface area contributed by atoms with Crippen molar-refractivity contribution in [3.63, 3.8) is 0 Å². The molecular weight excluding hydrogens is 289 g/mol. The predicted molar refractivity (Wildman–Crippen MR) is 81.8 cm³/mol. The van der Waals surface area contributed by atoms with Gasteiger partial charge in [-0.15, -0.1) is 0 Å². The molecule has 2 rings (SSSR count). The van der Waals surface area contributed by atoms with E-state index in [-0.39, 0.29) is 18.1 Å². The molecule has 0 saturated heterocycles. The summed E-state index contributed by atoms with van der Waals surface area (Å²) in [6, 6.07) is 11.4. The molecule has 0 aromatic heterocycles. The van der Waals surface area contributed by atoms with Gasteiger partial charge in [0, 0.05) is 6.54 Å². The molecule has 0 aliphatic carbocycles. The van der Waals surface area contributed by atoms with E-state index in [2.05, 4.69) is 4.72 Å². The van der Waals surface area contributed by atoms with Crippen LogP contribution in [0.3, 0.4) is 0 Å². The number of hydrogen-bond donors (Lipinski definition) is 1. The van der Waals surface area contributed by atoms with Gasteiger partial charge in [-0.1, -0.05) is 35.9 Å². The molecular formula is C16H18FNO2S. The SMILES string of the molecule is Cc1ccc(C)c(CNS(=O)(=O)Cc2ccc(F)cc2)c1. The number of halogens is 1. The summed E-state index contributed by atoms with van der Waals surface area (Å²) >= 11 is 0. The molecule has 1 N–H and O–H groups in total. The van der Waals surface area contributed by atoms with E-state index in [1.165, 1.54) is 24.3 Å². The second-order valence-electron chi connectivity index (χ2n) is 5.14. The third-order valence-corrected chi connectivity index (χ3v) is 4.55. The number of sulfonamides is 1. The Morgan fingerprint density at radius 2 is 1.71 bits per heavy atom. The molecule has 2 aromatic carbocycles. The van der Waals surface area contributed by atoms with Crippen molar-refractivity contribution in [1.82, 2.24) is 4.72 Å². The predicted octanol–water partition coefficient (Wildman–Crippen LogP) is 3.06. The number of aryl methyl sites for hydroxylation is 2. The molecule has 5 heteroatoms. The van der Waals surface area contributed by atoms with Gasteiger partial charge in [-0.05, 0) is 42.7 Å². The molecule has 0 heterocycles. The van der Waals surface area contributed by atoms with Crippen LogP contribution in [0.1, 0.15) is 22.3 Å². The highest BCUT2D eigenvalue weighted by atomic mass is 32.2. The second-order valence-corrected chi connectivity index (χ2v) is 6.94. The first-order valence-corrected chi connectivity index (χ1v) is 8.29. The lowest BCUT2D eigenvalue weighted by Gasteiger charge is -2.10. The molecule has 0 fully saturated rings. The van der Waals surface area contributed by atoms with Gasteiger partial charge in [-0.25, -0.2) is 17.5 Å². The van der Waals surface area contributed by atoms with Gasteiger partial charge in [0.1, 0.15) is 5.82 Å². The van der Waals surface area contributed by atoms with Crippen molar-refractivity contribution in [3.05, 3.63) is 70.5 Å². The molecule has 0 aliphatic rings. The minimum atomic E-state index is -3.45. The van der Waals surface area contributed by atoms with E-state index in [9.17, 15) is 12.8 Å². The first-order chi connectivity index (χ1) is 9.85. The molecule has 2 aromatic rings. The minimum Gasteiger partial charge on any atom is -0.212 e. The van der Waals surface area contributed by atoms with Crippen molar-refractivity contribution >= 4 is 10.0 Å². The highest BCUT2D eigenvalue weighted by Crippen LogP contribution is 2.12. The maximum Gasteiger partial charge on any atom is 0.216 e.